The lowest BCUT2D eigenvalue weighted by Gasteiger charge is -2.12. The first-order chi connectivity index (χ1) is 9.02. The zero-order valence-electron chi connectivity index (χ0n) is 11.6. The SMILES string of the molecule is COC(=O)CNC(=O)CCc1ccc(N(C)C)cc1. The van der Waals surface area contributed by atoms with E-state index < -0.39 is 5.97 Å². The average Bonchev–Trinajstić information content (AvgIpc) is 2.42. The first-order valence-electron chi connectivity index (χ1n) is 6.12. The van der Waals surface area contributed by atoms with Gasteiger partial charge >= 0.3 is 5.97 Å². The van der Waals surface area contributed by atoms with Crippen molar-refractivity contribution in [3.05, 3.63) is 29.8 Å². The Bertz CT molecular complexity index is 427. The minimum absolute atomic E-state index is 0.0745. The molecule has 0 aliphatic carbocycles. The van der Waals surface area contributed by atoms with E-state index >= 15 is 0 Å². The van der Waals surface area contributed by atoms with Crippen molar-refractivity contribution in [2.75, 3.05) is 32.6 Å². The Labute approximate surface area is 113 Å². The fraction of sp³-hybridized carbons (Fsp3) is 0.429. The lowest BCUT2D eigenvalue weighted by Crippen LogP contribution is -2.30. The van der Waals surface area contributed by atoms with Gasteiger partial charge in [-0.25, -0.2) is 0 Å². The second-order valence-corrected chi connectivity index (χ2v) is 4.41. The minimum atomic E-state index is -0.441. The maximum atomic E-state index is 11.5. The molecule has 1 aromatic carbocycles. The fourth-order valence-corrected chi connectivity index (χ4v) is 1.55. The van der Waals surface area contributed by atoms with E-state index in [1.807, 2.05) is 43.3 Å². The van der Waals surface area contributed by atoms with Crippen LogP contribution in [0.1, 0.15) is 12.0 Å². The quantitative estimate of drug-likeness (QED) is 0.778. The molecule has 0 atom stereocenters. The van der Waals surface area contributed by atoms with Crippen LogP contribution in [0.15, 0.2) is 24.3 Å². The van der Waals surface area contributed by atoms with Crippen LogP contribution < -0.4 is 10.2 Å². The first kappa shape index (κ1) is 15.0. The Hall–Kier alpha value is -2.04. The third-order valence-electron chi connectivity index (χ3n) is 2.75. The summed E-state index contributed by atoms with van der Waals surface area (Å²) < 4.78 is 4.44. The number of anilines is 1. The summed E-state index contributed by atoms with van der Waals surface area (Å²) in [5.74, 6) is -0.592. The second-order valence-electron chi connectivity index (χ2n) is 4.41. The number of amides is 1. The number of rotatable bonds is 6. The van der Waals surface area contributed by atoms with Gasteiger partial charge in [-0.1, -0.05) is 12.1 Å². The van der Waals surface area contributed by atoms with E-state index in [4.69, 9.17) is 0 Å². The van der Waals surface area contributed by atoms with Gasteiger partial charge in [-0.2, -0.15) is 0 Å². The smallest absolute Gasteiger partial charge is 0.325 e. The van der Waals surface area contributed by atoms with Crippen molar-refractivity contribution in [3.8, 4) is 0 Å². The van der Waals surface area contributed by atoms with Crippen LogP contribution in [0.3, 0.4) is 0 Å². The van der Waals surface area contributed by atoms with Gasteiger partial charge < -0.3 is 15.0 Å². The molecule has 5 heteroatoms. The van der Waals surface area contributed by atoms with Gasteiger partial charge in [0.15, 0.2) is 0 Å². The van der Waals surface area contributed by atoms with Crippen LogP contribution in [0.25, 0.3) is 0 Å². The van der Waals surface area contributed by atoms with E-state index in [9.17, 15) is 9.59 Å². The summed E-state index contributed by atoms with van der Waals surface area (Å²) in [6.45, 7) is -0.0745. The molecule has 0 spiro atoms. The molecule has 0 aromatic heterocycles. The summed E-state index contributed by atoms with van der Waals surface area (Å²) in [6.07, 6.45) is 1.01. The fourth-order valence-electron chi connectivity index (χ4n) is 1.55. The van der Waals surface area contributed by atoms with Gasteiger partial charge in [0, 0.05) is 26.2 Å². The van der Waals surface area contributed by atoms with E-state index in [1.54, 1.807) is 0 Å². The monoisotopic (exact) mass is 264 g/mol. The minimum Gasteiger partial charge on any atom is -0.468 e. The van der Waals surface area contributed by atoms with Crippen molar-refractivity contribution >= 4 is 17.6 Å². The van der Waals surface area contributed by atoms with Gasteiger partial charge in [-0.3, -0.25) is 9.59 Å². The summed E-state index contributed by atoms with van der Waals surface area (Å²) in [7, 11) is 5.26. The van der Waals surface area contributed by atoms with Crippen molar-refractivity contribution in [3.63, 3.8) is 0 Å². The zero-order valence-corrected chi connectivity index (χ0v) is 11.6. The Kier molecular flexibility index (Phi) is 5.85. The summed E-state index contributed by atoms with van der Waals surface area (Å²) in [6, 6.07) is 8.04. The van der Waals surface area contributed by atoms with Crippen LogP contribution in [0, 0.1) is 0 Å². The number of esters is 1. The highest BCUT2D eigenvalue weighted by atomic mass is 16.5. The molecule has 5 nitrogen and oxygen atoms in total. The predicted molar refractivity (Wildman–Crippen MR) is 74.1 cm³/mol. The molecule has 1 rings (SSSR count). The second kappa shape index (κ2) is 7.41. The molecule has 19 heavy (non-hydrogen) atoms. The Morgan fingerprint density at radius 1 is 1.21 bits per heavy atom. The van der Waals surface area contributed by atoms with Crippen LogP contribution in [0.4, 0.5) is 5.69 Å². The molecule has 0 radical (unpaired) electrons. The lowest BCUT2D eigenvalue weighted by atomic mass is 10.1. The van der Waals surface area contributed by atoms with Crippen LogP contribution in [-0.4, -0.2) is 39.6 Å². The summed E-state index contributed by atoms with van der Waals surface area (Å²) in [5.41, 5.74) is 2.22. The van der Waals surface area contributed by atoms with Crippen molar-refractivity contribution in [2.45, 2.75) is 12.8 Å². The number of methoxy groups -OCH3 is 1. The van der Waals surface area contributed by atoms with Gasteiger partial charge in [0.25, 0.3) is 0 Å². The number of ether oxygens (including phenoxy) is 1. The summed E-state index contributed by atoms with van der Waals surface area (Å²) in [5, 5.41) is 2.51. The molecular formula is C14H20N2O3. The highest BCUT2D eigenvalue weighted by Gasteiger charge is 2.05. The van der Waals surface area contributed by atoms with Crippen molar-refractivity contribution < 1.29 is 14.3 Å². The average molecular weight is 264 g/mol. The maximum Gasteiger partial charge on any atom is 0.325 e. The van der Waals surface area contributed by atoms with E-state index in [0.717, 1.165) is 11.3 Å². The molecule has 0 aliphatic heterocycles. The van der Waals surface area contributed by atoms with Gasteiger partial charge in [-0.05, 0) is 24.1 Å². The number of nitrogens with one attached hydrogen (secondary N) is 1. The maximum absolute atomic E-state index is 11.5. The number of hydrogen-bond donors (Lipinski definition) is 1. The Balaban J connectivity index is 2.35. The van der Waals surface area contributed by atoms with Gasteiger partial charge in [0.05, 0.1) is 7.11 Å². The standard InChI is InChI=1S/C14H20N2O3/c1-16(2)12-7-4-11(5-8-12)6-9-13(17)15-10-14(18)19-3/h4-5,7-8H,6,9-10H2,1-3H3,(H,15,17). The molecule has 0 saturated heterocycles. The lowest BCUT2D eigenvalue weighted by molar-refractivity contribution is -0.141. The van der Waals surface area contributed by atoms with E-state index in [0.29, 0.717) is 12.8 Å². The van der Waals surface area contributed by atoms with Crippen molar-refractivity contribution in [2.24, 2.45) is 0 Å². The van der Waals surface area contributed by atoms with Gasteiger partial charge in [0.2, 0.25) is 5.91 Å². The molecule has 1 aromatic rings. The summed E-state index contributed by atoms with van der Waals surface area (Å²) in [4.78, 5) is 24.4. The Morgan fingerprint density at radius 2 is 1.84 bits per heavy atom. The highest BCUT2D eigenvalue weighted by molar-refractivity contribution is 5.81. The van der Waals surface area contributed by atoms with E-state index in [-0.39, 0.29) is 12.5 Å². The van der Waals surface area contributed by atoms with Crippen molar-refractivity contribution in [1.82, 2.24) is 5.32 Å². The van der Waals surface area contributed by atoms with Crippen LogP contribution in [0.2, 0.25) is 0 Å². The normalized spacial score (nSPS) is 9.84. The van der Waals surface area contributed by atoms with Crippen molar-refractivity contribution in [1.29, 1.82) is 0 Å². The number of carbonyl (C=O) groups is 2. The summed E-state index contributed by atoms with van der Waals surface area (Å²) >= 11 is 0. The molecule has 0 saturated carbocycles. The highest BCUT2D eigenvalue weighted by Crippen LogP contribution is 2.13. The van der Waals surface area contributed by atoms with E-state index in [2.05, 4.69) is 10.1 Å². The van der Waals surface area contributed by atoms with Crippen LogP contribution in [0.5, 0.6) is 0 Å². The number of benzene rings is 1. The molecule has 0 aliphatic rings. The van der Waals surface area contributed by atoms with Crippen LogP contribution >= 0.6 is 0 Å². The van der Waals surface area contributed by atoms with Gasteiger partial charge in [0.1, 0.15) is 6.54 Å². The molecule has 1 amide bonds. The molecular weight excluding hydrogens is 244 g/mol. The molecule has 104 valence electrons. The number of carbonyl (C=O) groups excluding carboxylic acids is 2. The Morgan fingerprint density at radius 3 is 2.37 bits per heavy atom. The predicted octanol–water partition coefficient (Wildman–Crippen LogP) is 0.974. The topological polar surface area (TPSA) is 58.6 Å². The third-order valence-corrected chi connectivity index (χ3v) is 2.75. The number of nitrogens with zero attached hydrogens (tertiary/aromatic N) is 1. The number of aryl methyl sites for hydroxylation is 1. The molecule has 0 heterocycles. The number of hydrogen-bond acceptors (Lipinski definition) is 4. The molecule has 0 fully saturated rings. The molecule has 1 N–H and O–H groups in total. The molecule has 0 bridgehead atoms. The molecule has 0 unspecified atom stereocenters. The third kappa shape index (κ3) is 5.42. The largest absolute Gasteiger partial charge is 0.468 e. The first-order valence-corrected chi connectivity index (χ1v) is 6.12. The van der Waals surface area contributed by atoms with E-state index in [1.165, 1.54) is 7.11 Å². The van der Waals surface area contributed by atoms with Gasteiger partial charge in [-0.15, -0.1) is 0 Å². The zero-order chi connectivity index (χ0) is 14.3. The van der Waals surface area contributed by atoms with Crippen LogP contribution in [-0.2, 0) is 20.7 Å².